The zero-order valence-corrected chi connectivity index (χ0v) is 12.8. The van der Waals surface area contributed by atoms with Crippen LogP contribution in [0.2, 0.25) is 0 Å². The molecule has 2 aromatic rings. The van der Waals surface area contributed by atoms with Crippen LogP contribution in [0.15, 0.2) is 18.3 Å². The van der Waals surface area contributed by atoms with E-state index in [9.17, 15) is 5.11 Å². The highest BCUT2D eigenvalue weighted by Gasteiger charge is 2.55. The highest BCUT2D eigenvalue weighted by Crippen LogP contribution is 2.52. The molecule has 2 N–H and O–H groups in total. The molecule has 2 bridgehead atoms. The van der Waals surface area contributed by atoms with E-state index in [1.54, 1.807) is 12.3 Å². The van der Waals surface area contributed by atoms with Gasteiger partial charge in [-0.05, 0) is 25.7 Å². The first-order valence-electron chi connectivity index (χ1n) is 8.18. The molecule has 4 heterocycles. The van der Waals surface area contributed by atoms with Gasteiger partial charge in [0.2, 0.25) is 17.7 Å². The Bertz CT molecular complexity index is 736. The van der Waals surface area contributed by atoms with Crippen LogP contribution in [-0.4, -0.2) is 44.5 Å². The zero-order valence-electron chi connectivity index (χ0n) is 12.8. The number of H-pyrrole nitrogens is 1. The van der Waals surface area contributed by atoms with E-state index < -0.39 is 0 Å². The van der Waals surface area contributed by atoms with Gasteiger partial charge in [-0.25, -0.2) is 4.98 Å². The Morgan fingerprint density at radius 1 is 1.35 bits per heavy atom. The minimum atomic E-state index is 0.0618. The Hall–Kier alpha value is -2.15. The SMILES string of the molecule is OCC12CC(C1)N(c1nccc(Oc3cc(C4CC4)[nH]n3)n1)C2. The van der Waals surface area contributed by atoms with Crippen molar-refractivity contribution in [3.05, 3.63) is 24.0 Å². The Labute approximate surface area is 133 Å². The molecule has 0 radical (unpaired) electrons. The summed E-state index contributed by atoms with van der Waals surface area (Å²) in [6, 6.07) is 4.15. The summed E-state index contributed by atoms with van der Waals surface area (Å²) in [7, 11) is 0. The van der Waals surface area contributed by atoms with Crippen molar-refractivity contribution >= 4 is 5.95 Å². The molecule has 0 unspecified atom stereocenters. The molecule has 2 saturated carbocycles. The number of aromatic nitrogens is 4. The van der Waals surface area contributed by atoms with Crippen molar-refractivity contribution in [2.75, 3.05) is 18.1 Å². The van der Waals surface area contributed by atoms with Gasteiger partial charge in [-0.15, -0.1) is 5.10 Å². The molecule has 0 aromatic carbocycles. The molecule has 2 aromatic heterocycles. The van der Waals surface area contributed by atoms with Crippen molar-refractivity contribution < 1.29 is 9.84 Å². The summed E-state index contributed by atoms with van der Waals surface area (Å²) in [5, 5.41) is 16.7. The molecule has 4 aliphatic rings. The number of aliphatic hydroxyl groups is 1. The standard InChI is InChI=1S/C16H19N5O2/c22-9-16-6-11(7-16)21(8-16)15-17-4-3-13(18-15)23-14-5-12(19-20-14)10-1-2-10/h3-5,10-11,22H,1-2,6-9H2,(H,19,20). The molecule has 0 spiro atoms. The quantitative estimate of drug-likeness (QED) is 0.875. The average molecular weight is 313 g/mol. The van der Waals surface area contributed by atoms with Crippen LogP contribution in [0.3, 0.4) is 0 Å². The van der Waals surface area contributed by atoms with Crippen LogP contribution in [0.5, 0.6) is 11.8 Å². The third kappa shape index (κ3) is 2.18. The zero-order chi connectivity index (χ0) is 15.4. The maximum atomic E-state index is 9.53. The fourth-order valence-corrected chi connectivity index (χ4v) is 3.80. The van der Waals surface area contributed by atoms with E-state index in [2.05, 4.69) is 25.1 Å². The first-order valence-corrected chi connectivity index (χ1v) is 8.18. The second-order valence-electron chi connectivity index (χ2n) is 7.08. The number of rotatable bonds is 5. The predicted octanol–water partition coefficient (Wildman–Crippen LogP) is 1.83. The van der Waals surface area contributed by atoms with Crippen molar-refractivity contribution in [2.45, 2.75) is 37.6 Å². The molecule has 0 amide bonds. The first kappa shape index (κ1) is 13.3. The number of aromatic amines is 1. The average Bonchev–Trinajstić information content (AvgIpc) is 3.02. The lowest BCUT2D eigenvalue weighted by Crippen LogP contribution is -2.37. The van der Waals surface area contributed by atoms with Crippen LogP contribution in [0.4, 0.5) is 5.95 Å². The molecule has 4 fully saturated rings. The monoisotopic (exact) mass is 313 g/mol. The Kier molecular flexibility index (Phi) is 2.70. The summed E-state index contributed by atoms with van der Waals surface area (Å²) in [5.41, 5.74) is 1.20. The van der Waals surface area contributed by atoms with Crippen molar-refractivity contribution in [3.63, 3.8) is 0 Å². The van der Waals surface area contributed by atoms with Gasteiger partial charge in [0.25, 0.3) is 0 Å². The number of ether oxygens (including phenoxy) is 1. The minimum Gasteiger partial charge on any atom is -0.419 e. The molecule has 23 heavy (non-hydrogen) atoms. The molecule has 120 valence electrons. The number of nitrogens with zero attached hydrogens (tertiary/aromatic N) is 4. The van der Waals surface area contributed by atoms with Gasteiger partial charge in [-0.1, -0.05) is 0 Å². The fraction of sp³-hybridized carbons (Fsp3) is 0.562. The van der Waals surface area contributed by atoms with E-state index in [0.717, 1.165) is 25.1 Å². The number of hydrogen-bond donors (Lipinski definition) is 2. The highest BCUT2D eigenvalue weighted by atomic mass is 16.5. The number of nitrogens with one attached hydrogen (secondary N) is 1. The molecular weight excluding hydrogens is 294 g/mol. The van der Waals surface area contributed by atoms with Crippen LogP contribution in [-0.2, 0) is 0 Å². The minimum absolute atomic E-state index is 0.0618. The summed E-state index contributed by atoms with van der Waals surface area (Å²) in [6.07, 6.45) is 6.22. The van der Waals surface area contributed by atoms with Gasteiger partial charge >= 0.3 is 0 Å². The summed E-state index contributed by atoms with van der Waals surface area (Å²) >= 11 is 0. The third-order valence-electron chi connectivity index (χ3n) is 5.29. The smallest absolute Gasteiger partial charge is 0.240 e. The normalized spacial score (nSPS) is 28.7. The second-order valence-corrected chi connectivity index (χ2v) is 7.08. The first-order chi connectivity index (χ1) is 11.2. The van der Waals surface area contributed by atoms with Gasteiger partial charge in [0, 0.05) is 47.9 Å². The molecule has 7 nitrogen and oxygen atoms in total. The fourth-order valence-electron chi connectivity index (χ4n) is 3.80. The van der Waals surface area contributed by atoms with Crippen LogP contribution < -0.4 is 9.64 Å². The molecule has 2 saturated heterocycles. The van der Waals surface area contributed by atoms with E-state index in [4.69, 9.17) is 4.74 Å². The van der Waals surface area contributed by atoms with E-state index in [1.165, 1.54) is 12.8 Å². The molecule has 7 heteroatoms. The van der Waals surface area contributed by atoms with Crippen LogP contribution in [0.25, 0.3) is 0 Å². The molecule has 0 atom stereocenters. The number of fused-ring (bicyclic) bond motifs is 1. The topological polar surface area (TPSA) is 87.2 Å². The van der Waals surface area contributed by atoms with Gasteiger partial charge in [-0.3, -0.25) is 5.10 Å². The Morgan fingerprint density at radius 3 is 2.96 bits per heavy atom. The van der Waals surface area contributed by atoms with Crippen molar-refractivity contribution in [2.24, 2.45) is 5.41 Å². The summed E-state index contributed by atoms with van der Waals surface area (Å²) in [4.78, 5) is 11.1. The molecular formula is C16H19N5O2. The number of aliphatic hydroxyl groups excluding tert-OH is 1. The van der Waals surface area contributed by atoms with Gasteiger partial charge in [0.1, 0.15) is 0 Å². The van der Waals surface area contributed by atoms with Crippen molar-refractivity contribution in [1.29, 1.82) is 0 Å². The van der Waals surface area contributed by atoms with Crippen molar-refractivity contribution in [3.8, 4) is 11.8 Å². The van der Waals surface area contributed by atoms with Gasteiger partial charge in [0.05, 0.1) is 6.61 Å². The van der Waals surface area contributed by atoms with Gasteiger partial charge < -0.3 is 14.7 Å². The highest BCUT2D eigenvalue weighted by molar-refractivity contribution is 5.41. The van der Waals surface area contributed by atoms with Crippen LogP contribution >= 0.6 is 0 Å². The van der Waals surface area contributed by atoms with E-state index in [0.29, 0.717) is 29.7 Å². The van der Waals surface area contributed by atoms with Gasteiger partial charge in [0.15, 0.2) is 0 Å². The third-order valence-corrected chi connectivity index (χ3v) is 5.29. The summed E-state index contributed by atoms with van der Waals surface area (Å²) < 4.78 is 5.77. The van der Waals surface area contributed by atoms with E-state index in [-0.39, 0.29) is 12.0 Å². The summed E-state index contributed by atoms with van der Waals surface area (Å²) in [5.74, 6) is 2.35. The van der Waals surface area contributed by atoms with E-state index >= 15 is 0 Å². The van der Waals surface area contributed by atoms with Gasteiger partial charge in [-0.2, -0.15) is 4.98 Å². The second kappa shape index (κ2) is 4.67. The molecule has 6 rings (SSSR count). The Morgan fingerprint density at radius 2 is 2.22 bits per heavy atom. The lowest BCUT2D eigenvalue weighted by molar-refractivity contribution is 0.0873. The summed E-state index contributed by atoms with van der Waals surface area (Å²) in [6.45, 7) is 1.07. The number of anilines is 1. The van der Waals surface area contributed by atoms with Crippen molar-refractivity contribution in [1.82, 2.24) is 20.2 Å². The lowest BCUT2D eigenvalue weighted by atomic mass is 9.71. The van der Waals surface area contributed by atoms with Crippen LogP contribution in [0, 0.1) is 5.41 Å². The van der Waals surface area contributed by atoms with E-state index in [1.807, 2.05) is 6.07 Å². The Balaban J connectivity index is 1.34. The molecule has 2 aliphatic heterocycles. The number of hydrogen-bond acceptors (Lipinski definition) is 6. The predicted molar refractivity (Wildman–Crippen MR) is 82.6 cm³/mol. The molecule has 2 aliphatic carbocycles. The lowest BCUT2D eigenvalue weighted by Gasteiger charge is -2.34. The maximum absolute atomic E-state index is 9.53. The largest absolute Gasteiger partial charge is 0.419 e. The van der Waals surface area contributed by atoms with Crippen LogP contribution in [0.1, 0.15) is 37.3 Å². The maximum Gasteiger partial charge on any atom is 0.240 e.